The summed E-state index contributed by atoms with van der Waals surface area (Å²) in [6.45, 7) is 3.73. The minimum Gasteiger partial charge on any atom is -0.336 e. The van der Waals surface area contributed by atoms with Crippen molar-refractivity contribution in [1.82, 2.24) is 9.80 Å². The van der Waals surface area contributed by atoms with Crippen LogP contribution in [0, 0.1) is 5.82 Å². The molecule has 4 heteroatoms. The van der Waals surface area contributed by atoms with E-state index in [2.05, 4.69) is 29.2 Å². The third-order valence-corrected chi connectivity index (χ3v) is 4.24. The first-order chi connectivity index (χ1) is 11.7. The lowest BCUT2D eigenvalue weighted by Crippen LogP contribution is -2.48. The molecule has 0 unspecified atom stereocenters. The quantitative estimate of drug-likeness (QED) is 0.861. The van der Waals surface area contributed by atoms with E-state index >= 15 is 0 Å². The van der Waals surface area contributed by atoms with E-state index in [-0.39, 0.29) is 11.5 Å². The van der Waals surface area contributed by atoms with Crippen LogP contribution in [0.4, 0.5) is 4.39 Å². The highest BCUT2D eigenvalue weighted by atomic mass is 19.1. The summed E-state index contributed by atoms with van der Waals surface area (Å²) in [5, 5.41) is 0. The van der Waals surface area contributed by atoms with E-state index in [0.717, 1.165) is 19.6 Å². The minimum absolute atomic E-state index is 0.162. The largest absolute Gasteiger partial charge is 0.336 e. The zero-order chi connectivity index (χ0) is 16.8. The summed E-state index contributed by atoms with van der Waals surface area (Å²) >= 11 is 0. The molecule has 0 N–H and O–H groups in total. The standard InChI is InChI=1S/C20H21FN2O/c21-19-11-5-4-10-18(19)20(24)23-15-13-22(14-16-23)12-6-9-17-7-2-1-3-8-17/h1-11H,12-16H2. The maximum atomic E-state index is 13.7. The molecule has 1 aliphatic rings. The Morgan fingerprint density at radius 2 is 1.62 bits per heavy atom. The number of halogens is 1. The molecule has 124 valence electrons. The van der Waals surface area contributed by atoms with E-state index in [1.807, 2.05) is 18.2 Å². The van der Waals surface area contributed by atoms with Gasteiger partial charge in [0.1, 0.15) is 5.82 Å². The van der Waals surface area contributed by atoms with Crippen molar-refractivity contribution in [1.29, 1.82) is 0 Å². The second-order valence-corrected chi connectivity index (χ2v) is 5.89. The van der Waals surface area contributed by atoms with Crippen molar-refractivity contribution in [2.45, 2.75) is 0 Å². The van der Waals surface area contributed by atoms with Gasteiger partial charge >= 0.3 is 0 Å². The van der Waals surface area contributed by atoms with Gasteiger partial charge < -0.3 is 4.90 Å². The van der Waals surface area contributed by atoms with E-state index in [0.29, 0.717) is 13.1 Å². The summed E-state index contributed by atoms with van der Waals surface area (Å²) in [6.07, 6.45) is 4.25. The Bertz CT molecular complexity index is 707. The molecule has 0 atom stereocenters. The predicted octanol–water partition coefficient (Wildman–Crippen LogP) is 3.30. The Morgan fingerprint density at radius 3 is 2.33 bits per heavy atom. The predicted molar refractivity (Wildman–Crippen MR) is 94.2 cm³/mol. The van der Waals surface area contributed by atoms with Gasteiger partial charge in [-0.3, -0.25) is 9.69 Å². The van der Waals surface area contributed by atoms with E-state index in [1.165, 1.54) is 11.6 Å². The van der Waals surface area contributed by atoms with Gasteiger partial charge in [0.15, 0.2) is 0 Å². The summed E-state index contributed by atoms with van der Waals surface area (Å²) < 4.78 is 13.7. The summed E-state index contributed by atoms with van der Waals surface area (Å²) in [5.74, 6) is -0.664. The number of rotatable bonds is 4. The van der Waals surface area contributed by atoms with Gasteiger partial charge in [-0.05, 0) is 17.7 Å². The third-order valence-electron chi connectivity index (χ3n) is 4.24. The molecular weight excluding hydrogens is 303 g/mol. The van der Waals surface area contributed by atoms with Crippen LogP contribution in [0.25, 0.3) is 6.08 Å². The smallest absolute Gasteiger partial charge is 0.256 e. The average Bonchev–Trinajstić information content (AvgIpc) is 2.63. The van der Waals surface area contributed by atoms with Gasteiger partial charge in [0.2, 0.25) is 0 Å². The molecule has 1 fully saturated rings. The normalized spacial score (nSPS) is 15.8. The average molecular weight is 324 g/mol. The highest BCUT2D eigenvalue weighted by molar-refractivity contribution is 5.94. The first-order valence-corrected chi connectivity index (χ1v) is 8.22. The molecule has 3 rings (SSSR count). The van der Waals surface area contributed by atoms with Crippen LogP contribution in [0.2, 0.25) is 0 Å². The van der Waals surface area contributed by atoms with E-state index in [1.54, 1.807) is 23.1 Å². The number of piperazine rings is 1. The second-order valence-electron chi connectivity index (χ2n) is 5.89. The van der Waals surface area contributed by atoms with Crippen molar-refractivity contribution in [3.8, 4) is 0 Å². The van der Waals surface area contributed by atoms with Crippen LogP contribution in [-0.2, 0) is 0 Å². The van der Waals surface area contributed by atoms with Gasteiger partial charge in [0.05, 0.1) is 5.56 Å². The minimum atomic E-state index is -0.448. The monoisotopic (exact) mass is 324 g/mol. The Morgan fingerprint density at radius 1 is 0.958 bits per heavy atom. The highest BCUT2D eigenvalue weighted by Gasteiger charge is 2.23. The van der Waals surface area contributed by atoms with Gasteiger partial charge in [0.25, 0.3) is 5.91 Å². The molecule has 1 aliphatic heterocycles. The molecule has 0 aliphatic carbocycles. The van der Waals surface area contributed by atoms with Crippen LogP contribution in [0.3, 0.4) is 0 Å². The number of hydrogen-bond acceptors (Lipinski definition) is 2. The van der Waals surface area contributed by atoms with Crippen molar-refractivity contribution in [2.24, 2.45) is 0 Å². The number of carbonyl (C=O) groups is 1. The molecule has 0 radical (unpaired) electrons. The molecule has 0 saturated carbocycles. The number of carbonyl (C=O) groups excluding carboxylic acids is 1. The van der Waals surface area contributed by atoms with Crippen molar-refractivity contribution < 1.29 is 9.18 Å². The molecule has 1 amide bonds. The Balaban J connectivity index is 1.50. The van der Waals surface area contributed by atoms with Gasteiger partial charge in [-0.25, -0.2) is 4.39 Å². The lowest BCUT2D eigenvalue weighted by Gasteiger charge is -2.34. The summed E-state index contributed by atoms with van der Waals surface area (Å²) in [4.78, 5) is 16.4. The van der Waals surface area contributed by atoms with Crippen molar-refractivity contribution in [3.63, 3.8) is 0 Å². The molecular formula is C20H21FN2O. The first-order valence-electron chi connectivity index (χ1n) is 8.22. The molecule has 24 heavy (non-hydrogen) atoms. The second kappa shape index (κ2) is 7.88. The van der Waals surface area contributed by atoms with E-state index < -0.39 is 5.82 Å². The maximum absolute atomic E-state index is 13.7. The number of benzene rings is 2. The summed E-state index contributed by atoms with van der Waals surface area (Å²) in [7, 11) is 0. The molecule has 1 heterocycles. The third kappa shape index (κ3) is 4.09. The Kier molecular flexibility index (Phi) is 5.39. The molecule has 1 saturated heterocycles. The van der Waals surface area contributed by atoms with Gasteiger partial charge in [0, 0.05) is 32.7 Å². The highest BCUT2D eigenvalue weighted by Crippen LogP contribution is 2.12. The van der Waals surface area contributed by atoms with Gasteiger partial charge in [-0.2, -0.15) is 0 Å². The molecule has 2 aromatic carbocycles. The lowest BCUT2D eigenvalue weighted by molar-refractivity contribution is 0.0645. The van der Waals surface area contributed by atoms with Crippen LogP contribution >= 0.6 is 0 Å². The fourth-order valence-corrected chi connectivity index (χ4v) is 2.84. The summed E-state index contributed by atoms with van der Waals surface area (Å²) in [6, 6.07) is 16.4. The van der Waals surface area contributed by atoms with Crippen molar-refractivity contribution in [2.75, 3.05) is 32.7 Å². The van der Waals surface area contributed by atoms with Gasteiger partial charge in [-0.15, -0.1) is 0 Å². The molecule has 0 aromatic heterocycles. The number of hydrogen-bond donors (Lipinski definition) is 0. The molecule has 2 aromatic rings. The van der Waals surface area contributed by atoms with Crippen LogP contribution in [0.5, 0.6) is 0 Å². The Labute approximate surface area is 142 Å². The first kappa shape index (κ1) is 16.4. The summed E-state index contributed by atoms with van der Waals surface area (Å²) in [5.41, 5.74) is 1.35. The maximum Gasteiger partial charge on any atom is 0.256 e. The van der Waals surface area contributed by atoms with Crippen LogP contribution < -0.4 is 0 Å². The van der Waals surface area contributed by atoms with Gasteiger partial charge in [-0.1, -0.05) is 54.6 Å². The molecule has 0 bridgehead atoms. The zero-order valence-electron chi connectivity index (χ0n) is 13.6. The molecule has 0 spiro atoms. The van der Waals surface area contributed by atoms with Crippen LogP contribution in [0.15, 0.2) is 60.7 Å². The fraction of sp³-hybridized carbons (Fsp3) is 0.250. The number of nitrogens with zero attached hydrogens (tertiary/aromatic N) is 2. The molecule has 3 nitrogen and oxygen atoms in total. The number of amides is 1. The fourth-order valence-electron chi connectivity index (χ4n) is 2.84. The van der Waals surface area contributed by atoms with Crippen molar-refractivity contribution in [3.05, 3.63) is 77.6 Å². The van der Waals surface area contributed by atoms with E-state index in [4.69, 9.17) is 0 Å². The van der Waals surface area contributed by atoms with Crippen LogP contribution in [0.1, 0.15) is 15.9 Å². The van der Waals surface area contributed by atoms with Crippen molar-refractivity contribution >= 4 is 12.0 Å². The van der Waals surface area contributed by atoms with Crippen LogP contribution in [-0.4, -0.2) is 48.4 Å². The Hall–Kier alpha value is -2.46. The SMILES string of the molecule is O=C(c1ccccc1F)N1CCN(CC=Cc2ccccc2)CC1. The van der Waals surface area contributed by atoms with E-state index in [9.17, 15) is 9.18 Å². The zero-order valence-corrected chi connectivity index (χ0v) is 13.6. The topological polar surface area (TPSA) is 23.6 Å². The lowest BCUT2D eigenvalue weighted by atomic mass is 10.1.